The van der Waals surface area contributed by atoms with Crippen molar-refractivity contribution in [3.8, 4) is 0 Å². The molecule has 1 aliphatic carbocycles. The number of rotatable bonds is 6. The maximum Gasteiger partial charge on any atom is -0.0246 e. The Balaban J connectivity index is 2.70. The van der Waals surface area contributed by atoms with Crippen molar-refractivity contribution in [2.75, 3.05) is 0 Å². The van der Waals surface area contributed by atoms with Gasteiger partial charge in [0, 0.05) is 0 Å². The van der Waals surface area contributed by atoms with Crippen molar-refractivity contribution in [3.63, 3.8) is 0 Å². The van der Waals surface area contributed by atoms with Gasteiger partial charge >= 0.3 is 0 Å². The molecule has 0 spiro atoms. The van der Waals surface area contributed by atoms with Crippen molar-refractivity contribution in [2.45, 2.75) is 73.1 Å². The lowest BCUT2D eigenvalue weighted by atomic mass is 9.63. The minimum Gasteiger partial charge on any atom is -0.0654 e. The van der Waals surface area contributed by atoms with Crippen molar-refractivity contribution < 1.29 is 0 Å². The van der Waals surface area contributed by atoms with Gasteiger partial charge in [-0.1, -0.05) is 53.9 Å². The molecular formula is C14H28. The Morgan fingerprint density at radius 3 is 2.14 bits per heavy atom. The molecular weight excluding hydrogens is 168 g/mol. The molecule has 0 aromatic heterocycles. The zero-order valence-corrected chi connectivity index (χ0v) is 10.8. The Kier molecular flexibility index (Phi) is 3.66. The van der Waals surface area contributed by atoms with E-state index in [4.69, 9.17) is 0 Å². The highest BCUT2D eigenvalue weighted by molar-refractivity contribution is 5.03. The molecule has 2 atom stereocenters. The van der Waals surface area contributed by atoms with Gasteiger partial charge in [0.15, 0.2) is 0 Å². The lowest BCUT2D eigenvalue weighted by molar-refractivity contribution is 0.0746. The third-order valence-electron chi connectivity index (χ3n) is 4.96. The van der Waals surface area contributed by atoms with Gasteiger partial charge in [0.1, 0.15) is 0 Å². The zero-order chi connectivity index (χ0) is 10.8. The molecule has 1 saturated carbocycles. The lowest BCUT2D eigenvalue weighted by Gasteiger charge is -2.42. The molecule has 1 aliphatic rings. The van der Waals surface area contributed by atoms with Crippen LogP contribution >= 0.6 is 0 Å². The van der Waals surface area contributed by atoms with Gasteiger partial charge < -0.3 is 0 Å². The zero-order valence-electron chi connectivity index (χ0n) is 10.8. The lowest BCUT2D eigenvalue weighted by Crippen LogP contribution is -2.34. The maximum absolute atomic E-state index is 2.55. The predicted octanol–water partition coefficient (Wildman–Crippen LogP) is 5.03. The van der Waals surface area contributed by atoms with Gasteiger partial charge in [0.25, 0.3) is 0 Å². The standard InChI is InChI=1S/C14H28/c1-6-8-12(3)14(5,9-7-2)13(4)10-11-13/h12H,6-11H2,1-5H3. The van der Waals surface area contributed by atoms with Crippen LogP contribution in [0, 0.1) is 16.7 Å². The third kappa shape index (κ3) is 1.99. The summed E-state index contributed by atoms with van der Waals surface area (Å²) >= 11 is 0. The van der Waals surface area contributed by atoms with Crippen LogP contribution in [0.3, 0.4) is 0 Å². The van der Waals surface area contributed by atoms with Crippen LogP contribution in [0.25, 0.3) is 0 Å². The van der Waals surface area contributed by atoms with E-state index in [1.54, 1.807) is 0 Å². The fourth-order valence-corrected chi connectivity index (χ4v) is 3.17. The molecule has 0 bridgehead atoms. The molecule has 0 aliphatic heterocycles. The van der Waals surface area contributed by atoms with Crippen LogP contribution in [0.5, 0.6) is 0 Å². The molecule has 84 valence electrons. The molecule has 1 rings (SSSR count). The van der Waals surface area contributed by atoms with Crippen LogP contribution in [0.2, 0.25) is 0 Å². The third-order valence-corrected chi connectivity index (χ3v) is 4.96. The first kappa shape index (κ1) is 12.1. The van der Waals surface area contributed by atoms with Gasteiger partial charge in [-0.15, -0.1) is 0 Å². The Morgan fingerprint density at radius 2 is 1.79 bits per heavy atom. The number of hydrogen-bond donors (Lipinski definition) is 0. The van der Waals surface area contributed by atoms with Crippen molar-refractivity contribution in [1.82, 2.24) is 0 Å². The molecule has 0 N–H and O–H groups in total. The van der Waals surface area contributed by atoms with Gasteiger partial charge in [-0.25, -0.2) is 0 Å². The van der Waals surface area contributed by atoms with Crippen molar-refractivity contribution in [1.29, 1.82) is 0 Å². The second-order valence-electron chi connectivity index (χ2n) is 5.92. The van der Waals surface area contributed by atoms with Gasteiger partial charge in [-0.05, 0) is 36.0 Å². The predicted molar refractivity (Wildman–Crippen MR) is 64.4 cm³/mol. The summed E-state index contributed by atoms with van der Waals surface area (Å²) < 4.78 is 0. The van der Waals surface area contributed by atoms with Crippen LogP contribution in [-0.2, 0) is 0 Å². The molecule has 0 aromatic rings. The monoisotopic (exact) mass is 196 g/mol. The maximum atomic E-state index is 2.55. The van der Waals surface area contributed by atoms with E-state index in [2.05, 4.69) is 34.6 Å². The minimum absolute atomic E-state index is 0.609. The molecule has 0 heteroatoms. The minimum atomic E-state index is 0.609. The second kappa shape index (κ2) is 4.24. The Labute approximate surface area is 90.5 Å². The first-order valence-electron chi connectivity index (χ1n) is 6.50. The fourth-order valence-electron chi connectivity index (χ4n) is 3.17. The molecule has 0 aromatic carbocycles. The van der Waals surface area contributed by atoms with Crippen LogP contribution in [0.4, 0.5) is 0 Å². The van der Waals surface area contributed by atoms with Crippen LogP contribution in [0.1, 0.15) is 73.1 Å². The van der Waals surface area contributed by atoms with E-state index in [9.17, 15) is 0 Å². The quantitative estimate of drug-likeness (QED) is 0.559. The van der Waals surface area contributed by atoms with E-state index in [-0.39, 0.29) is 0 Å². The summed E-state index contributed by atoms with van der Waals surface area (Å²) in [5.74, 6) is 0.903. The summed E-state index contributed by atoms with van der Waals surface area (Å²) in [6, 6.07) is 0. The van der Waals surface area contributed by atoms with Crippen LogP contribution in [0.15, 0.2) is 0 Å². The summed E-state index contributed by atoms with van der Waals surface area (Å²) in [6.07, 6.45) is 8.46. The van der Waals surface area contributed by atoms with Crippen molar-refractivity contribution >= 4 is 0 Å². The summed E-state index contributed by atoms with van der Waals surface area (Å²) in [4.78, 5) is 0. The van der Waals surface area contributed by atoms with Gasteiger partial charge in [-0.2, -0.15) is 0 Å². The van der Waals surface area contributed by atoms with Gasteiger partial charge in [0.2, 0.25) is 0 Å². The Morgan fingerprint density at radius 1 is 1.21 bits per heavy atom. The smallest absolute Gasteiger partial charge is 0.0246 e. The highest BCUT2D eigenvalue weighted by Gasteiger charge is 2.53. The van der Waals surface area contributed by atoms with Crippen LogP contribution in [-0.4, -0.2) is 0 Å². The fraction of sp³-hybridized carbons (Fsp3) is 1.00. The first-order chi connectivity index (χ1) is 6.50. The first-order valence-corrected chi connectivity index (χ1v) is 6.50. The summed E-state index contributed by atoms with van der Waals surface area (Å²) in [6.45, 7) is 12.2. The topological polar surface area (TPSA) is 0 Å². The molecule has 0 nitrogen and oxygen atoms in total. The second-order valence-corrected chi connectivity index (χ2v) is 5.92. The molecule has 0 amide bonds. The van der Waals surface area contributed by atoms with Gasteiger partial charge in [0.05, 0.1) is 0 Å². The van der Waals surface area contributed by atoms with Crippen molar-refractivity contribution in [3.05, 3.63) is 0 Å². The molecule has 14 heavy (non-hydrogen) atoms. The van der Waals surface area contributed by atoms with Crippen molar-refractivity contribution in [2.24, 2.45) is 16.7 Å². The van der Waals surface area contributed by atoms with E-state index >= 15 is 0 Å². The summed E-state index contributed by atoms with van der Waals surface area (Å²) in [5, 5.41) is 0. The normalized spacial score (nSPS) is 25.5. The average molecular weight is 196 g/mol. The molecule has 0 radical (unpaired) electrons. The van der Waals surface area contributed by atoms with E-state index in [1.165, 1.54) is 38.5 Å². The van der Waals surface area contributed by atoms with E-state index < -0.39 is 0 Å². The van der Waals surface area contributed by atoms with E-state index in [1.807, 2.05) is 0 Å². The Hall–Kier alpha value is 0. The largest absolute Gasteiger partial charge is 0.0654 e. The Bertz CT molecular complexity index is 178. The molecule has 1 fully saturated rings. The SMILES string of the molecule is CCCC(C)C(C)(CCC)C1(C)CC1. The van der Waals surface area contributed by atoms with E-state index in [0.29, 0.717) is 10.8 Å². The highest BCUT2D eigenvalue weighted by Crippen LogP contribution is 2.63. The molecule has 0 saturated heterocycles. The summed E-state index contributed by atoms with van der Waals surface area (Å²) in [5.41, 5.74) is 1.29. The van der Waals surface area contributed by atoms with E-state index in [0.717, 1.165) is 5.92 Å². The average Bonchev–Trinajstić information content (AvgIpc) is 2.86. The number of hydrogen-bond acceptors (Lipinski definition) is 0. The van der Waals surface area contributed by atoms with Gasteiger partial charge in [-0.3, -0.25) is 0 Å². The molecule has 0 heterocycles. The molecule has 2 unspecified atom stereocenters. The van der Waals surface area contributed by atoms with Crippen LogP contribution < -0.4 is 0 Å². The summed E-state index contributed by atoms with van der Waals surface area (Å²) in [7, 11) is 0. The highest BCUT2D eigenvalue weighted by atomic mass is 14.6.